The summed E-state index contributed by atoms with van der Waals surface area (Å²) in [5, 5.41) is 0. The Kier molecular flexibility index (Phi) is 6.74. The molecule has 0 amide bonds. The van der Waals surface area contributed by atoms with Crippen LogP contribution in [-0.4, -0.2) is 55.5 Å². The Bertz CT molecular complexity index is 898. The predicted molar refractivity (Wildman–Crippen MR) is 117 cm³/mol. The van der Waals surface area contributed by atoms with Crippen LogP contribution in [0.1, 0.15) is 45.6 Å². The molecule has 3 rings (SSSR count). The van der Waals surface area contributed by atoms with Gasteiger partial charge in [0, 0.05) is 25.7 Å². The van der Waals surface area contributed by atoms with E-state index in [4.69, 9.17) is 0 Å². The molecule has 158 valence electrons. The Hall–Kier alpha value is -2.19. The van der Waals surface area contributed by atoms with E-state index < -0.39 is 10.0 Å². The lowest BCUT2D eigenvalue weighted by molar-refractivity contribution is 0.189. The van der Waals surface area contributed by atoms with Crippen LogP contribution in [0.15, 0.2) is 41.6 Å². The molecule has 1 aromatic carbocycles. The van der Waals surface area contributed by atoms with Crippen molar-refractivity contribution < 1.29 is 8.42 Å². The number of hydrogen-bond acceptors (Lipinski definition) is 6. The SMILES string of the molecule is CCCN1CCN(c2ncc(NS(=O)(=O)c3ccc(C(C)C)cc3)cn2)C[C@@H]1C. The first kappa shape index (κ1) is 21.5. The van der Waals surface area contributed by atoms with Gasteiger partial charge in [0.15, 0.2) is 0 Å². The zero-order chi connectivity index (χ0) is 21.0. The van der Waals surface area contributed by atoms with Crippen LogP contribution in [0.3, 0.4) is 0 Å². The molecule has 1 aromatic heterocycles. The average Bonchev–Trinajstić information content (AvgIpc) is 2.70. The summed E-state index contributed by atoms with van der Waals surface area (Å²) in [6, 6.07) is 7.39. The standard InChI is InChI=1S/C21H31N5O2S/c1-5-10-25-11-12-26(15-17(25)4)21-22-13-19(14-23-21)24-29(27,28)20-8-6-18(7-9-20)16(2)3/h6-9,13-14,16-17,24H,5,10-12,15H2,1-4H3/t17-/m0/s1. The van der Waals surface area contributed by atoms with E-state index in [0.29, 0.717) is 23.6 Å². The predicted octanol–water partition coefficient (Wildman–Crippen LogP) is 3.32. The number of benzene rings is 1. The first-order chi connectivity index (χ1) is 13.8. The van der Waals surface area contributed by atoms with Crippen molar-refractivity contribution >= 4 is 21.7 Å². The molecule has 1 saturated heterocycles. The molecule has 0 saturated carbocycles. The number of sulfonamides is 1. The molecule has 1 fully saturated rings. The molecule has 0 aliphatic carbocycles. The normalized spacial score (nSPS) is 18.2. The zero-order valence-electron chi connectivity index (χ0n) is 17.7. The summed E-state index contributed by atoms with van der Waals surface area (Å²) in [4.78, 5) is 13.6. The third-order valence-corrected chi connectivity index (χ3v) is 6.70. The third kappa shape index (κ3) is 5.25. The first-order valence-electron chi connectivity index (χ1n) is 10.2. The van der Waals surface area contributed by atoms with Gasteiger partial charge in [-0.1, -0.05) is 32.9 Å². The lowest BCUT2D eigenvalue weighted by atomic mass is 10.0. The maximum absolute atomic E-state index is 12.6. The van der Waals surface area contributed by atoms with E-state index in [1.54, 1.807) is 12.1 Å². The quantitative estimate of drug-likeness (QED) is 0.745. The van der Waals surface area contributed by atoms with Crippen LogP contribution in [0.2, 0.25) is 0 Å². The molecule has 7 nitrogen and oxygen atoms in total. The number of aromatic nitrogens is 2. The van der Waals surface area contributed by atoms with Gasteiger partial charge in [-0.05, 0) is 43.5 Å². The van der Waals surface area contributed by atoms with Crippen LogP contribution in [0.25, 0.3) is 0 Å². The number of hydrogen-bond donors (Lipinski definition) is 1. The van der Waals surface area contributed by atoms with Gasteiger partial charge in [0.25, 0.3) is 10.0 Å². The van der Waals surface area contributed by atoms with E-state index in [-0.39, 0.29) is 4.90 Å². The number of piperazine rings is 1. The minimum atomic E-state index is -3.67. The highest BCUT2D eigenvalue weighted by Gasteiger charge is 2.24. The molecule has 1 aliphatic heterocycles. The van der Waals surface area contributed by atoms with Gasteiger partial charge in [0.1, 0.15) is 0 Å². The van der Waals surface area contributed by atoms with Gasteiger partial charge in [-0.3, -0.25) is 9.62 Å². The molecule has 0 bridgehead atoms. The molecule has 1 N–H and O–H groups in total. The highest BCUT2D eigenvalue weighted by Crippen LogP contribution is 2.21. The van der Waals surface area contributed by atoms with Gasteiger partial charge in [-0.2, -0.15) is 0 Å². The molecule has 8 heteroatoms. The minimum Gasteiger partial charge on any atom is -0.338 e. The van der Waals surface area contributed by atoms with Crippen molar-refractivity contribution in [2.75, 3.05) is 35.8 Å². The van der Waals surface area contributed by atoms with Crippen molar-refractivity contribution in [1.82, 2.24) is 14.9 Å². The van der Waals surface area contributed by atoms with E-state index in [9.17, 15) is 8.42 Å². The number of rotatable bonds is 7. The maximum atomic E-state index is 12.6. The fourth-order valence-corrected chi connectivity index (χ4v) is 4.61. The van der Waals surface area contributed by atoms with Gasteiger partial charge in [-0.25, -0.2) is 18.4 Å². The van der Waals surface area contributed by atoms with Gasteiger partial charge < -0.3 is 4.90 Å². The smallest absolute Gasteiger partial charge is 0.261 e. The molecular weight excluding hydrogens is 386 g/mol. The van der Waals surface area contributed by atoms with Gasteiger partial charge in [0.05, 0.1) is 23.0 Å². The molecule has 2 aromatic rings. The van der Waals surface area contributed by atoms with Crippen LogP contribution in [-0.2, 0) is 10.0 Å². The van der Waals surface area contributed by atoms with Crippen LogP contribution in [0.4, 0.5) is 11.6 Å². The van der Waals surface area contributed by atoms with Crippen molar-refractivity contribution in [3.05, 3.63) is 42.2 Å². The van der Waals surface area contributed by atoms with Crippen molar-refractivity contribution in [1.29, 1.82) is 0 Å². The molecule has 0 radical (unpaired) electrons. The summed E-state index contributed by atoms with van der Waals surface area (Å²) in [6.45, 7) is 12.4. The topological polar surface area (TPSA) is 78.4 Å². The summed E-state index contributed by atoms with van der Waals surface area (Å²) < 4.78 is 27.8. The summed E-state index contributed by atoms with van der Waals surface area (Å²) in [6.07, 6.45) is 4.22. The largest absolute Gasteiger partial charge is 0.338 e. The Morgan fingerprint density at radius 3 is 2.34 bits per heavy atom. The maximum Gasteiger partial charge on any atom is 0.261 e. The van der Waals surface area contributed by atoms with E-state index in [0.717, 1.165) is 38.2 Å². The van der Waals surface area contributed by atoms with Crippen LogP contribution in [0.5, 0.6) is 0 Å². The Labute approximate surface area is 174 Å². The third-order valence-electron chi connectivity index (χ3n) is 5.31. The summed E-state index contributed by atoms with van der Waals surface area (Å²) in [7, 11) is -3.67. The van der Waals surface area contributed by atoms with Crippen molar-refractivity contribution in [2.45, 2.75) is 51.0 Å². The molecule has 0 spiro atoms. The highest BCUT2D eigenvalue weighted by molar-refractivity contribution is 7.92. The highest BCUT2D eigenvalue weighted by atomic mass is 32.2. The van der Waals surface area contributed by atoms with Crippen molar-refractivity contribution in [2.24, 2.45) is 0 Å². The Balaban J connectivity index is 1.66. The second-order valence-corrected chi connectivity index (χ2v) is 9.61. The molecule has 0 unspecified atom stereocenters. The van der Waals surface area contributed by atoms with Gasteiger partial charge in [-0.15, -0.1) is 0 Å². The van der Waals surface area contributed by atoms with E-state index >= 15 is 0 Å². The molecular formula is C21H31N5O2S. The van der Waals surface area contributed by atoms with Crippen molar-refractivity contribution in [3.63, 3.8) is 0 Å². The molecule has 1 aliphatic rings. The summed E-state index contributed by atoms with van der Waals surface area (Å²) >= 11 is 0. The van der Waals surface area contributed by atoms with Crippen LogP contribution in [0, 0.1) is 0 Å². The molecule has 2 heterocycles. The van der Waals surface area contributed by atoms with E-state index in [2.05, 4.69) is 52.2 Å². The van der Waals surface area contributed by atoms with Crippen LogP contribution >= 0.6 is 0 Å². The minimum absolute atomic E-state index is 0.229. The lowest BCUT2D eigenvalue weighted by Gasteiger charge is -2.39. The monoisotopic (exact) mass is 417 g/mol. The van der Waals surface area contributed by atoms with Gasteiger partial charge >= 0.3 is 0 Å². The van der Waals surface area contributed by atoms with Gasteiger partial charge in [0.2, 0.25) is 5.95 Å². The van der Waals surface area contributed by atoms with Crippen LogP contribution < -0.4 is 9.62 Å². The summed E-state index contributed by atoms with van der Waals surface area (Å²) in [5.41, 5.74) is 1.46. The zero-order valence-corrected chi connectivity index (χ0v) is 18.5. The number of nitrogens with zero attached hydrogens (tertiary/aromatic N) is 4. The second kappa shape index (κ2) is 9.09. The lowest BCUT2D eigenvalue weighted by Crippen LogP contribution is -2.52. The fraction of sp³-hybridized carbons (Fsp3) is 0.524. The molecule has 29 heavy (non-hydrogen) atoms. The number of nitrogens with one attached hydrogen (secondary N) is 1. The average molecular weight is 418 g/mol. The van der Waals surface area contributed by atoms with Crippen molar-refractivity contribution in [3.8, 4) is 0 Å². The Morgan fingerprint density at radius 2 is 1.79 bits per heavy atom. The fourth-order valence-electron chi connectivity index (χ4n) is 3.58. The Morgan fingerprint density at radius 1 is 1.14 bits per heavy atom. The van der Waals surface area contributed by atoms with E-state index in [1.165, 1.54) is 12.4 Å². The second-order valence-electron chi connectivity index (χ2n) is 7.93. The summed E-state index contributed by atoms with van der Waals surface area (Å²) in [5.74, 6) is 0.990. The number of anilines is 2. The van der Waals surface area contributed by atoms with E-state index in [1.807, 2.05) is 12.1 Å². The first-order valence-corrected chi connectivity index (χ1v) is 11.7. The molecule has 1 atom stereocenters.